The van der Waals surface area contributed by atoms with Crippen LogP contribution in [-0.4, -0.2) is 15.9 Å². The zero-order chi connectivity index (χ0) is 11.3. The Morgan fingerprint density at radius 3 is 2.87 bits per heavy atom. The van der Waals surface area contributed by atoms with E-state index >= 15 is 0 Å². The normalized spacial score (nSPS) is 13.1. The smallest absolute Gasteiger partial charge is 0.102 e. The van der Waals surface area contributed by atoms with Crippen molar-refractivity contribution in [1.82, 2.24) is 9.78 Å². The van der Waals surface area contributed by atoms with Crippen LogP contribution in [0, 0.1) is 0 Å². The van der Waals surface area contributed by atoms with E-state index in [0.29, 0.717) is 12.7 Å². The third-order valence-electron chi connectivity index (χ3n) is 2.32. The number of aryl methyl sites for hydroxylation is 1. The van der Waals surface area contributed by atoms with Gasteiger partial charge in [-0.25, -0.2) is 0 Å². The zero-order valence-corrected chi connectivity index (χ0v) is 11.2. The van der Waals surface area contributed by atoms with Crippen LogP contribution < -0.4 is 0 Å². The van der Waals surface area contributed by atoms with Gasteiger partial charge in [-0.05, 0) is 35.7 Å². The highest BCUT2D eigenvalue weighted by Crippen LogP contribution is 2.16. The Morgan fingerprint density at radius 2 is 2.27 bits per heavy atom. The van der Waals surface area contributed by atoms with Gasteiger partial charge in [0.05, 0.1) is 17.2 Å². The van der Waals surface area contributed by atoms with Gasteiger partial charge in [0.25, 0.3) is 0 Å². The van der Waals surface area contributed by atoms with Crippen LogP contribution >= 0.6 is 15.9 Å². The fraction of sp³-hybridized carbons (Fsp3) is 0.727. The molecule has 0 fully saturated rings. The first-order chi connectivity index (χ1) is 7.17. The van der Waals surface area contributed by atoms with E-state index in [1.807, 2.05) is 10.9 Å². The van der Waals surface area contributed by atoms with Gasteiger partial charge in [-0.15, -0.1) is 0 Å². The Bertz CT molecular complexity index is 299. The van der Waals surface area contributed by atoms with Crippen molar-refractivity contribution in [3.8, 4) is 0 Å². The van der Waals surface area contributed by atoms with Crippen LogP contribution in [0.5, 0.6) is 0 Å². The molecule has 0 saturated heterocycles. The van der Waals surface area contributed by atoms with Gasteiger partial charge in [0.15, 0.2) is 0 Å². The quantitative estimate of drug-likeness (QED) is 0.795. The molecule has 0 N–H and O–H groups in total. The summed E-state index contributed by atoms with van der Waals surface area (Å²) < 4.78 is 8.64. The minimum absolute atomic E-state index is 0.299. The molecule has 0 amide bonds. The first-order valence-corrected chi connectivity index (χ1v) is 6.30. The van der Waals surface area contributed by atoms with Gasteiger partial charge >= 0.3 is 0 Å². The maximum absolute atomic E-state index is 5.64. The second-order valence-corrected chi connectivity index (χ2v) is 4.57. The highest BCUT2D eigenvalue weighted by Gasteiger charge is 2.07. The van der Waals surface area contributed by atoms with E-state index in [1.165, 1.54) is 0 Å². The predicted molar refractivity (Wildman–Crippen MR) is 64.8 cm³/mol. The number of aromatic nitrogens is 2. The van der Waals surface area contributed by atoms with Crippen LogP contribution in [-0.2, 0) is 17.9 Å². The van der Waals surface area contributed by atoms with E-state index < -0.39 is 0 Å². The number of nitrogens with zero attached hydrogens (tertiary/aromatic N) is 2. The van der Waals surface area contributed by atoms with Gasteiger partial charge in [-0.2, -0.15) is 5.10 Å². The predicted octanol–water partition coefficient (Wildman–Crippen LogP) is 3.37. The second-order valence-electron chi connectivity index (χ2n) is 3.72. The number of halogens is 1. The molecule has 0 aromatic carbocycles. The van der Waals surface area contributed by atoms with Gasteiger partial charge in [0, 0.05) is 12.7 Å². The van der Waals surface area contributed by atoms with Crippen molar-refractivity contribution in [3.05, 3.63) is 16.4 Å². The molecule has 4 heteroatoms. The minimum atomic E-state index is 0.299. The molecule has 0 spiro atoms. The second kappa shape index (κ2) is 6.28. The topological polar surface area (TPSA) is 27.1 Å². The summed E-state index contributed by atoms with van der Waals surface area (Å²) in [5.74, 6) is 0. The maximum atomic E-state index is 5.64. The Kier molecular flexibility index (Phi) is 5.32. The van der Waals surface area contributed by atoms with E-state index in [9.17, 15) is 0 Å². The van der Waals surface area contributed by atoms with Gasteiger partial charge in [0.2, 0.25) is 0 Å². The van der Waals surface area contributed by atoms with Crippen molar-refractivity contribution < 1.29 is 4.74 Å². The van der Waals surface area contributed by atoms with Crippen LogP contribution in [0.4, 0.5) is 0 Å². The van der Waals surface area contributed by atoms with Crippen molar-refractivity contribution in [2.75, 3.05) is 0 Å². The average molecular weight is 275 g/mol. The first-order valence-electron chi connectivity index (χ1n) is 5.50. The minimum Gasteiger partial charge on any atom is -0.372 e. The number of hydrogen-bond donors (Lipinski definition) is 0. The molecule has 0 aliphatic heterocycles. The summed E-state index contributed by atoms with van der Waals surface area (Å²) in [6, 6.07) is 0. The molecule has 0 saturated carbocycles. The van der Waals surface area contributed by atoms with E-state index in [0.717, 1.165) is 29.6 Å². The van der Waals surface area contributed by atoms with Crippen LogP contribution in [0.1, 0.15) is 39.3 Å². The van der Waals surface area contributed by atoms with Crippen LogP contribution in [0.25, 0.3) is 0 Å². The molecule has 15 heavy (non-hydrogen) atoms. The largest absolute Gasteiger partial charge is 0.372 e. The Labute approximate surface area is 99.9 Å². The molecular formula is C11H19BrN2O. The summed E-state index contributed by atoms with van der Waals surface area (Å²) >= 11 is 3.50. The summed E-state index contributed by atoms with van der Waals surface area (Å²) in [6.45, 7) is 7.89. The van der Waals surface area contributed by atoms with E-state index in [-0.39, 0.29) is 0 Å². The lowest BCUT2D eigenvalue weighted by atomic mass is 10.3. The number of ether oxygens (including phenoxy) is 1. The Balaban J connectivity index is 2.53. The molecule has 0 aliphatic rings. The van der Waals surface area contributed by atoms with Crippen LogP contribution in [0.15, 0.2) is 10.7 Å². The molecule has 3 nitrogen and oxygen atoms in total. The highest BCUT2D eigenvalue weighted by atomic mass is 79.9. The fourth-order valence-corrected chi connectivity index (χ4v) is 1.65. The lowest BCUT2D eigenvalue weighted by Gasteiger charge is -2.08. The molecular weight excluding hydrogens is 256 g/mol. The molecule has 1 atom stereocenters. The average Bonchev–Trinajstić information content (AvgIpc) is 2.56. The van der Waals surface area contributed by atoms with Gasteiger partial charge < -0.3 is 4.74 Å². The third kappa shape index (κ3) is 3.95. The number of rotatable bonds is 6. The molecule has 0 aliphatic carbocycles. The molecule has 1 aromatic rings. The number of hydrogen-bond acceptors (Lipinski definition) is 2. The lowest BCUT2D eigenvalue weighted by Crippen LogP contribution is -2.07. The van der Waals surface area contributed by atoms with Crippen LogP contribution in [0.3, 0.4) is 0 Å². The SMILES string of the molecule is CCCn1cc(Br)c(CO[C@@H](C)CC)n1. The molecule has 0 radical (unpaired) electrons. The van der Waals surface area contributed by atoms with Crippen molar-refractivity contribution in [2.24, 2.45) is 0 Å². The summed E-state index contributed by atoms with van der Waals surface area (Å²) in [5.41, 5.74) is 0.990. The highest BCUT2D eigenvalue weighted by molar-refractivity contribution is 9.10. The molecule has 0 unspecified atom stereocenters. The van der Waals surface area contributed by atoms with Crippen LogP contribution in [0.2, 0.25) is 0 Å². The van der Waals surface area contributed by atoms with Crippen molar-refractivity contribution in [3.63, 3.8) is 0 Å². The van der Waals surface area contributed by atoms with E-state index in [2.05, 4.69) is 41.8 Å². The Morgan fingerprint density at radius 1 is 1.53 bits per heavy atom. The zero-order valence-electron chi connectivity index (χ0n) is 9.66. The fourth-order valence-electron chi connectivity index (χ4n) is 1.22. The molecule has 86 valence electrons. The standard InChI is InChI=1S/C11H19BrN2O/c1-4-6-14-7-10(12)11(13-14)8-15-9(3)5-2/h7,9H,4-6,8H2,1-3H3/t9-/m0/s1. The van der Waals surface area contributed by atoms with Crippen molar-refractivity contribution in [2.45, 2.75) is 52.9 Å². The molecule has 1 aromatic heterocycles. The van der Waals surface area contributed by atoms with Crippen molar-refractivity contribution >= 4 is 15.9 Å². The van der Waals surface area contributed by atoms with E-state index in [1.54, 1.807) is 0 Å². The third-order valence-corrected chi connectivity index (χ3v) is 2.98. The lowest BCUT2D eigenvalue weighted by molar-refractivity contribution is 0.0483. The summed E-state index contributed by atoms with van der Waals surface area (Å²) in [6.07, 6.45) is 4.44. The monoisotopic (exact) mass is 274 g/mol. The molecule has 1 rings (SSSR count). The van der Waals surface area contributed by atoms with Gasteiger partial charge in [-0.1, -0.05) is 13.8 Å². The molecule has 1 heterocycles. The summed E-state index contributed by atoms with van der Waals surface area (Å²) in [4.78, 5) is 0. The van der Waals surface area contributed by atoms with Crippen molar-refractivity contribution in [1.29, 1.82) is 0 Å². The van der Waals surface area contributed by atoms with Gasteiger partial charge in [0.1, 0.15) is 5.69 Å². The summed E-state index contributed by atoms with van der Waals surface area (Å²) in [7, 11) is 0. The van der Waals surface area contributed by atoms with Gasteiger partial charge in [-0.3, -0.25) is 4.68 Å². The maximum Gasteiger partial charge on any atom is 0.102 e. The first kappa shape index (κ1) is 12.7. The van der Waals surface area contributed by atoms with E-state index in [4.69, 9.17) is 4.74 Å². The summed E-state index contributed by atoms with van der Waals surface area (Å²) in [5, 5.41) is 4.45. The Hall–Kier alpha value is -0.350. The molecule has 0 bridgehead atoms.